The molecule has 0 saturated carbocycles. The van der Waals surface area contributed by atoms with E-state index in [1.807, 2.05) is 0 Å². The topological polar surface area (TPSA) is 0 Å². The van der Waals surface area contributed by atoms with Crippen LogP contribution >= 0.6 is 0 Å². The van der Waals surface area contributed by atoms with Crippen molar-refractivity contribution < 1.29 is 0 Å². The van der Waals surface area contributed by atoms with Crippen LogP contribution in [0.1, 0.15) is 46.7 Å². The lowest BCUT2D eigenvalue weighted by molar-refractivity contribution is 0.732. The molecule has 1 heterocycles. The fourth-order valence-electron chi connectivity index (χ4n) is 5.74. The van der Waals surface area contributed by atoms with Gasteiger partial charge in [0.15, 0.2) is 0 Å². The van der Waals surface area contributed by atoms with Gasteiger partial charge in [0.1, 0.15) is 0 Å². The average Bonchev–Trinajstić information content (AvgIpc) is 3.15. The van der Waals surface area contributed by atoms with Crippen LogP contribution in [0, 0.1) is 13.8 Å². The van der Waals surface area contributed by atoms with Crippen molar-refractivity contribution >= 4 is 24.7 Å². The molecule has 0 N–H and O–H groups in total. The summed E-state index contributed by atoms with van der Waals surface area (Å²) >= 11 is 0. The van der Waals surface area contributed by atoms with Gasteiger partial charge < -0.3 is 0 Å². The summed E-state index contributed by atoms with van der Waals surface area (Å²) < 4.78 is 0. The van der Waals surface area contributed by atoms with Gasteiger partial charge in [0, 0.05) is 13.4 Å². The molecule has 1 aliphatic rings. The number of hydrogen-bond acceptors (Lipinski definition) is 0. The second-order valence-electron chi connectivity index (χ2n) is 9.47. The highest BCUT2D eigenvalue weighted by molar-refractivity contribution is 6.87. The quantitative estimate of drug-likeness (QED) is 0.267. The highest BCUT2D eigenvalue weighted by atomic mass is 28.2. The first kappa shape index (κ1) is 22.5. The second kappa shape index (κ2) is 9.16. The van der Waals surface area contributed by atoms with Crippen molar-refractivity contribution in [1.29, 1.82) is 0 Å². The molecule has 0 aliphatic carbocycles. The third-order valence-corrected chi connectivity index (χ3v) is 10.9. The molecule has 1 unspecified atom stereocenters. The standard InChI is InChI=1S/C33H32Si/c1-5-33(29-22-18-25(3)19-23-29)31(27-14-10-7-11-15-27)30(26-12-8-6-9-13-26)32(34(33)4)28-20-16-24(2)17-21-28/h6-23H,5H2,1-4H3. The summed E-state index contributed by atoms with van der Waals surface area (Å²) in [5.41, 5.74) is 11.0. The summed E-state index contributed by atoms with van der Waals surface area (Å²) in [6.45, 7) is 9.29. The summed E-state index contributed by atoms with van der Waals surface area (Å²) in [5.74, 6) is 0. The zero-order valence-corrected chi connectivity index (χ0v) is 21.6. The molecule has 4 aromatic rings. The first-order valence-electron chi connectivity index (χ1n) is 12.3. The number of allylic oxidation sites excluding steroid dienone is 2. The first-order chi connectivity index (χ1) is 16.6. The highest BCUT2D eigenvalue weighted by Crippen LogP contribution is 2.51. The number of aryl methyl sites for hydroxylation is 2. The third-order valence-electron chi connectivity index (χ3n) is 7.48. The zero-order valence-electron chi connectivity index (χ0n) is 20.6. The van der Waals surface area contributed by atoms with Crippen molar-refractivity contribution in [3.63, 3.8) is 0 Å². The van der Waals surface area contributed by atoms with Crippen LogP contribution in [0.2, 0.25) is 6.55 Å². The average molecular weight is 457 g/mol. The molecule has 1 heteroatoms. The van der Waals surface area contributed by atoms with Crippen molar-refractivity contribution in [3.05, 3.63) is 143 Å². The van der Waals surface area contributed by atoms with Gasteiger partial charge in [-0.15, -0.1) is 0 Å². The molecule has 0 bridgehead atoms. The zero-order chi connectivity index (χ0) is 23.7. The van der Waals surface area contributed by atoms with E-state index in [0.29, 0.717) is 0 Å². The minimum atomic E-state index is -1.02. The molecular formula is C33H32Si. The van der Waals surface area contributed by atoms with Crippen molar-refractivity contribution in [2.75, 3.05) is 0 Å². The molecule has 168 valence electrons. The van der Waals surface area contributed by atoms with E-state index in [0.717, 1.165) is 6.42 Å². The first-order valence-corrected chi connectivity index (χ1v) is 14.3. The normalized spacial score (nSPS) is 18.0. The summed E-state index contributed by atoms with van der Waals surface area (Å²) in [4.78, 5) is 0. The van der Waals surface area contributed by atoms with Gasteiger partial charge in [0.2, 0.25) is 0 Å². The van der Waals surface area contributed by atoms with E-state index in [9.17, 15) is 0 Å². The smallest absolute Gasteiger partial charge is 0.0343 e. The number of rotatable bonds is 5. The van der Waals surface area contributed by atoms with Crippen molar-refractivity contribution in [2.24, 2.45) is 0 Å². The van der Waals surface area contributed by atoms with Crippen LogP contribution < -0.4 is 0 Å². The minimum absolute atomic E-state index is 0.00882. The molecule has 0 aromatic heterocycles. The van der Waals surface area contributed by atoms with E-state index in [4.69, 9.17) is 0 Å². The Kier molecular flexibility index (Phi) is 6.06. The van der Waals surface area contributed by atoms with Crippen molar-refractivity contribution in [1.82, 2.24) is 0 Å². The highest BCUT2D eigenvalue weighted by Gasteiger charge is 2.46. The fraction of sp³-hybridized carbons (Fsp3) is 0.182. The van der Waals surface area contributed by atoms with Gasteiger partial charge in [-0.25, -0.2) is 0 Å². The van der Waals surface area contributed by atoms with Crippen LogP contribution in [0.25, 0.3) is 11.1 Å². The molecular weight excluding hydrogens is 424 g/mol. The summed E-state index contributed by atoms with van der Waals surface area (Å²) in [7, 11) is -1.02. The van der Waals surface area contributed by atoms with E-state index < -0.39 is 8.41 Å². The molecule has 0 spiro atoms. The summed E-state index contributed by atoms with van der Waals surface area (Å²) in [6, 6.07) is 40.7. The largest absolute Gasteiger partial charge is 0.0642 e. The molecule has 0 radical (unpaired) electrons. The van der Waals surface area contributed by atoms with Crippen LogP contribution in [0.3, 0.4) is 0 Å². The Morgan fingerprint density at radius 1 is 0.588 bits per heavy atom. The maximum Gasteiger partial charge on any atom is 0.0343 e. The lowest BCUT2D eigenvalue weighted by atomic mass is 9.78. The number of benzene rings is 4. The van der Waals surface area contributed by atoms with E-state index >= 15 is 0 Å². The molecule has 34 heavy (non-hydrogen) atoms. The maximum absolute atomic E-state index is 2.54. The Balaban J connectivity index is 1.93. The SMILES string of the molecule is CCC1(c2ccc(C)cc2)C(c2ccccc2)=C(c2ccccc2)C(c2ccc(C)cc2)=[Si]1C. The van der Waals surface area contributed by atoms with Gasteiger partial charge in [0.05, 0.1) is 0 Å². The molecule has 1 atom stereocenters. The molecule has 1 aliphatic heterocycles. The van der Waals surface area contributed by atoms with Gasteiger partial charge in [-0.3, -0.25) is 0 Å². The van der Waals surface area contributed by atoms with E-state index in [1.165, 1.54) is 44.5 Å². The van der Waals surface area contributed by atoms with Crippen molar-refractivity contribution in [3.8, 4) is 0 Å². The van der Waals surface area contributed by atoms with Gasteiger partial charge in [-0.05, 0) is 58.8 Å². The Morgan fingerprint density at radius 2 is 1.09 bits per heavy atom. The maximum atomic E-state index is 2.54. The van der Waals surface area contributed by atoms with Gasteiger partial charge in [0.25, 0.3) is 0 Å². The monoisotopic (exact) mass is 456 g/mol. The molecule has 0 nitrogen and oxygen atoms in total. The van der Waals surface area contributed by atoms with Gasteiger partial charge in [-0.1, -0.05) is 134 Å². The lowest BCUT2D eigenvalue weighted by Gasteiger charge is -2.35. The molecule has 5 rings (SSSR count). The molecule has 0 saturated heterocycles. The second-order valence-corrected chi connectivity index (χ2v) is 12.1. The van der Waals surface area contributed by atoms with E-state index in [1.54, 1.807) is 5.17 Å². The Bertz CT molecular complexity index is 1360. The minimum Gasteiger partial charge on any atom is -0.0642 e. The van der Waals surface area contributed by atoms with Crippen LogP contribution in [-0.4, -0.2) is 13.6 Å². The van der Waals surface area contributed by atoms with Crippen molar-refractivity contribution in [2.45, 2.75) is 38.8 Å². The fourth-order valence-corrected chi connectivity index (χ4v) is 9.19. The summed E-state index contributed by atoms with van der Waals surface area (Å²) in [6.07, 6.45) is 1.08. The van der Waals surface area contributed by atoms with E-state index in [2.05, 4.69) is 137 Å². The predicted octanol–water partition coefficient (Wildman–Crippen LogP) is 8.04. The van der Waals surface area contributed by atoms with Crippen LogP contribution in [-0.2, 0) is 5.04 Å². The Hall–Kier alpha value is -3.29. The predicted molar refractivity (Wildman–Crippen MR) is 150 cm³/mol. The van der Waals surface area contributed by atoms with Gasteiger partial charge in [-0.2, -0.15) is 0 Å². The van der Waals surface area contributed by atoms with Crippen LogP contribution in [0.5, 0.6) is 0 Å². The van der Waals surface area contributed by atoms with Gasteiger partial charge >= 0.3 is 0 Å². The molecule has 0 fully saturated rings. The Labute approximate surface area is 205 Å². The third kappa shape index (κ3) is 3.65. The number of hydrogen-bond donors (Lipinski definition) is 0. The van der Waals surface area contributed by atoms with Crippen LogP contribution in [0.15, 0.2) is 109 Å². The van der Waals surface area contributed by atoms with E-state index in [-0.39, 0.29) is 5.04 Å². The lowest BCUT2D eigenvalue weighted by Crippen LogP contribution is -2.36. The molecule has 4 aromatic carbocycles. The molecule has 0 amide bonds. The summed E-state index contributed by atoms with van der Waals surface area (Å²) in [5, 5.41) is 1.54. The van der Waals surface area contributed by atoms with Crippen LogP contribution in [0.4, 0.5) is 0 Å². The Morgan fingerprint density at radius 3 is 1.62 bits per heavy atom.